The molecule has 20 heavy (non-hydrogen) atoms. The Morgan fingerprint density at radius 2 is 1.60 bits per heavy atom. The summed E-state index contributed by atoms with van der Waals surface area (Å²) in [6, 6.07) is 15.8. The van der Waals surface area contributed by atoms with Gasteiger partial charge in [0.1, 0.15) is 0 Å². The van der Waals surface area contributed by atoms with Gasteiger partial charge in [0, 0.05) is 34.6 Å². The Balaban J connectivity index is 2.48. The number of rotatable bonds is 4. The molecule has 0 saturated carbocycles. The summed E-state index contributed by atoms with van der Waals surface area (Å²) in [5.74, 6) is 0. The first-order chi connectivity index (χ1) is 9.58. The second kappa shape index (κ2) is 6.25. The molecule has 0 amide bonds. The molecule has 2 rings (SSSR count). The maximum absolute atomic E-state index is 11.5. The molecule has 0 aliphatic rings. The highest BCUT2D eigenvalue weighted by atomic mass is 32.2. The molecule has 0 bridgehead atoms. The molecule has 1 atom stereocenters. The largest absolute Gasteiger partial charge is 0.269 e. The molecule has 0 heterocycles. The van der Waals surface area contributed by atoms with Crippen LogP contribution in [-0.4, -0.2) is 15.4 Å². The van der Waals surface area contributed by atoms with Crippen molar-refractivity contribution in [2.24, 2.45) is 0 Å². The molecule has 0 spiro atoms. The van der Waals surface area contributed by atoms with Crippen molar-refractivity contribution in [2.45, 2.75) is 0 Å². The Morgan fingerprint density at radius 3 is 2.10 bits per heavy atom. The summed E-state index contributed by atoms with van der Waals surface area (Å²) >= 11 is 0. The molecule has 2 aromatic carbocycles. The number of hydrogen-bond donors (Lipinski definition) is 0. The van der Waals surface area contributed by atoms with Gasteiger partial charge in [0.15, 0.2) is 0 Å². The Labute approximate surface area is 119 Å². The molecule has 0 N–H and O–H groups in total. The topological polar surface area (TPSA) is 60.2 Å². The maximum Gasteiger partial charge on any atom is 0.269 e. The first-order valence-corrected chi connectivity index (χ1v) is 7.54. The second-order valence-corrected chi connectivity index (χ2v) is 5.43. The molecule has 0 aliphatic heterocycles. The van der Waals surface area contributed by atoms with Crippen LogP contribution in [-0.2, 0) is 10.8 Å². The lowest BCUT2D eigenvalue weighted by Crippen LogP contribution is -1.92. The van der Waals surface area contributed by atoms with Crippen LogP contribution in [0.5, 0.6) is 0 Å². The predicted molar refractivity (Wildman–Crippen MR) is 80.7 cm³/mol. The zero-order valence-electron chi connectivity index (χ0n) is 10.9. The lowest BCUT2D eigenvalue weighted by atomic mass is 9.99. The van der Waals surface area contributed by atoms with E-state index in [9.17, 15) is 14.3 Å². The summed E-state index contributed by atoms with van der Waals surface area (Å²) in [7, 11) is -1.11. The summed E-state index contributed by atoms with van der Waals surface area (Å²) in [6.45, 7) is 0. The van der Waals surface area contributed by atoms with E-state index in [4.69, 9.17) is 0 Å². The van der Waals surface area contributed by atoms with Gasteiger partial charge in [0.05, 0.1) is 4.92 Å². The first-order valence-electron chi connectivity index (χ1n) is 5.92. The number of nitro benzene ring substituents is 1. The van der Waals surface area contributed by atoms with E-state index in [2.05, 4.69) is 0 Å². The van der Waals surface area contributed by atoms with Crippen molar-refractivity contribution in [1.29, 1.82) is 0 Å². The summed E-state index contributed by atoms with van der Waals surface area (Å²) in [4.78, 5) is 10.2. The molecule has 5 heteroatoms. The van der Waals surface area contributed by atoms with E-state index >= 15 is 0 Å². The van der Waals surface area contributed by atoms with Gasteiger partial charge in [0.2, 0.25) is 0 Å². The summed E-state index contributed by atoms with van der Waals surface area (Å²) in [5.41, 5.74) is 2.58. The minimum absolute atomic E-state index is 0.0405. The van der Waals surface area contributed by atoms with Gasteiger partial charge in [-0.15, -0.1) is 0 Å². The van der Waals surface area contributed by atoms with Crippen molar-refractivity contribution >= 4 is 22.1 Å². The number of hydrogen-bond acceptors (Lipinski definition) is 3. The van der Waals surface area contributed by atoms with Gasteiger partial charge >= 0.3 is 0 Å². The number of non-ortho nitro benzene ring substituents is 1. The van der Waals surface area contributed by atoms with Gasteiger partial charge in [-0.3, -0.25) is 14.3 Å². The van der Waals surface area contributed by atoms with Gasteiger partial charge in [-0.05, 0) is 28.8 Å². The normalized spacial score (nSPS) is 12.9. The zero-order chi connectivity index (χ0) is 14.5. The lowest BCUT2D eigenvalue weighted by Gasteiger charge is -2.07. The molecule has 0 radical (unpaired) electrons. The number of nitrogens with zero attached hydrogens (tertiary/aromatic N) is 1. The Hall–Kier alpha value is -2.27. The molecular weight excluding hydrogens is 274 g/mol. The van der Waals surface area contributed by atoms with E-state index < -0.39 is 15.7 Å². The third-order valence-corrected chi connectivity index (χ3v) is 3.33. The summed E-state index contributed by atoms with van der Waals surface area (Å²) < 4.78 is 11.5. The molecule has 0 saturated heterocycles. The van der Waals surface area contributed by atoms with Crippen LogP contribution < -0.4 is 0 Å². The zero-order valence-corrected chi connectivity index (χ0v) is 11.7. The quantitative estimate of drug-likeness (QED) is 0.640. The van der Waals surface area contributed by atoms with Crippen molar-refractivity contribution in [3.63, 3.8) is 0 Å². The van der Waals surface area contributed by atoms with Crippen LogP contribution >= 0.6 is 0 Å². The monoisotopic (exact) mass is 287 g/mol. The molecule has 0 aliphatic carbocycles. The van der Waals surface area contributed by atoms with Crippen LogP contribution in [0, 0.1) is 10.1 Å². The van der Waals surface area contributed by atoms with Crippen LogP contribution in [0.25, 0.3) is 5.57 Å². The standard InChI is InChI=1S/C15H13NO3S/c1-20(19)11-15(12-5-3-2-4-6-12)13-7-9-14(10-8-13)16(17)18/h2-11H,1H3/b15-11+. The van der Waals surface area contributed by atoms with Gasteiger partial charge in [0.25, 0.3) is 5.69 Å². The highest BCUT2D eigenvalue weighted by Gasteiger charge is 2.09. The van der Waals surface area contributed by atoms with E-state index in [0.29, 0.717) is 0 Å². The lowest BCUT2D eigenvalue weighted by molar-refractivity contribution is -0.384. The van der Waals surface area contributed by atoms with E-state index in [0.717, 1.165) is 16.7 Å². The second-order valence-electron chi connectivity index (χ2n) is 4.20. The average Bonchev–Trinajstić information content (AvgIpc) is 2.45. The fourth-order valence-corrected chi connectivity index (χ4v) is 2.45. The van der Waals surface area contributed by atoms with E-state index in [1.165, 1.54) is 12.1 Å². The third-order valence-electron chi connectivity index (χ3n) is 2.76. The Bertz CT molecular complexity index is 663. The Kier molecular flexibility index (Phi) is 4.42. The molecule has 1 unspecified atom stereocenters. The summed E-state index contributed by atoms with van der Waals surface area (Å²) in [5, 5.41) is 12.3. The fraction of sp³-hybridized carbons (Fsp3) is 0.0667. The third kappa shape index (κ3) is 3.39. The molecule has 102 valence electrons. The maximum atomic E-state index is 11.5. The highest BCUT2D eigenvalue weighted by Crippen LogP contribution is 2.25. The van der Waals surface area contributed by atoms with Crippen molar-refractivity contribution in [3.05, 3.63) is 81.2 Å². The molecule has 0 aromatic heterocycles. The first kappa shape index (κ1) is 14.1. The summed E-state index contributed by atoms with van der Waals surface area (Å²) in [6.07, 6.45) is 1.59. The van der Waals surface area contributed by atoms with Crippen molar-refractivity contribution in [2.75, 3.05) is 6.26 Å². The van der Waals surface area contributed by atoms with E-state index in [1.807, 2.05) is 30.3 Å². The highest BCUT2D eigenvalue weighted by molar-refractivity contribution is 7.87. The van der Waals surface area contributed by atoms with Crippen LogP contribution in [0.1, 0.15) is 11.1 Å². The van der Waals surface area contributed by atoms with E-state index in [1.54, 1.807) is 23.8 Å². The van der Waals surface area contributed by atoms with Gasteiger partial charge in [-0.1, -0.05) is 30.3 Å². The van der Waals surface area contributed by atoms with Gasteiger partial charge < -0.3 is 0 Å². The van der Waals surface area contributed by atoms with Crippen molar-refractivity contribution in [1.82, 2.24) is 0 Å². The minimum Gasteiger partial charge on any atom is -0.258 e. The fourth-order valence-electron chi connectivity index (χ4n) is 1.85. The van der Waals surface area contributed by atoms with Crippen molar-refractivity contribution in [3.8, 4) is 0 Å². The Morgan fingerprint density at radius 1 is 1.05 bits per heavy atom. The number of benzene rings is 2. The van der Waals surface area contributed by atoms with Crippen LogP contribution in [0.15, 0.2) is 60.0 Å². The number of nitro groups is 1. The average molecular weight is 287 g/mol. The van der Waals surface area contributed by atoms with Crippen LogP contribution in [0.2, 0.25) is 0 Å². The predicted octanol–water partition coefficient (Wildman–Crippen LogP) is 3.36. The van der Waals surface area contributed by atoms with Crippen LogP contribution in [0.3, 0.4) is 0 Å². The van der Waals surface area contributed by atoms with Gasteiger partial charge in [-0.25, -0.2) is 0 Å². The molecule has 0 fully saturated rings. The minimum atomic E-state index is -1.11. The van der Waals surface area contributed by atoms with E-state index in [-0.39, 0.29) is 5.69 Å². The SMILES string of the molecule is CS(=O)/C=C(\c1ccccc1)c1ccc([N+](=O)[O-])cc1. The van der Waals surface area contributed by atoms with Gasteiger partial charge in [-0.2, -0.15) is 0 Å². The molecule has 4 nitrogen and oxygen atoms in total. The van der Waals surface area contributed by atoms with Crippen molar-refractivity contribution < 1.29 is 9.13 Å². The molecular formula is C15H13NO3S. The van der Waals surface area contributed by atoms with Crippen LogP contribution in [0.4, 0.5) is 5.69 Å². The smallest absolute Gasteiger partial charge is 0.258 e. The molecule has 2 aromatic rings.